The van der Waals surface area contributed by atoms with Crippen LogP contribution in [-0.2, 0) is 4.74 Å². The van der Waals surface area contributed by atoms with Crippen molar-refractivity contribution in [2.24, 2.45) is 5.73 Å². The van der Waals surface area contributed by atoms with E-state index in [1.807, 2.05) is 0 Å². The summed E-state index contributed by atoms with van der Waals surface area (Å²) in [5, 5.41) is 0. The summed E-state index contributed by atoms with van der Waals surface area (Å²) in [5.74, 6) is 0. The van der Waals surface area contributed by atoms with Gasteiger partial charge in [0.05, 0.1) is 11.7 Å². The third-order valence-electron chi connectivity index (χ3n) is 3.65. The van der Waals surface area contributed by atoms with Gasteiger partial charge < -0.3 is 15.4 Å². The Morgan fingerprint density at radius 2 is 1.93 bits per heavy atom. The summed E-state index contributed by atoms with van der Waals surface area (Å²) in [5.41, 5.74) is 6.00. The highest BCUT2D eigenvalue weighted by molar-refractivity contribution is 4.84. The number of piperidine rings is 1. The summed E-state index contributed by atoms with van der Waals surface area (Å²) in [6, 6.07) is 0.433. The molecule has 0 saturated carbocycles. The maximum absolute atomic E-state index is 6.01. The average Bonchev–Trinajstić information content (AvgIpc) is 2.50. The van der Waals surface area contributed by atoms with Crippen LogP contribution < -0.4 is 5.73 Å². The molecule has 0 amide bonds. The topological polar surface area (TPSA) is 38.5 Å². The minimum Gasteiger partial charge on any atom is -0.371 e. The monoisotopic (exact) mass is 212 g/mol. The van der Waals surface area contributed by atoms with Gasteiger partial charge in [-0.15, -0.1) is 0 Å². The SMILES string of the molecule is CC1(C)CCC(CN2CCC(N)CC2)O1. The van der Waals surface area contributed by atoms with Crippen molar-refractivity contribution in [3.8, 4) is 0 Å². The third kappa shape index (κ3) is 3.16. The van der Waals surface area contributed by atoms with Gasteiger partial charge in [-0.25, -0.2) is 0 Å². The zero-order valence-corrected chi connectivity index (χ0v) is 10.0. The summed E-state index contributed by atoms with van der Waals surface area (Å²) in [6.07, 6.45) is 5.17. The first kappa shape index (κ1) is 11.4. The number of rotatable bonds is 2. The molecule has 1 atom stereocenters. The number of nitrogens with two attached hydrogens (primary N) is 1. The maximum Gasteiger partial charge on any atom is 0.0710 e. The highest BCUT2D eigenvalue weighted by Crippen LogP contribution is 2.30. The van der Waals surface area contributed by atoms with E-state index in [0.29, 0.717) is 12.1 Å². The van der Waals surface area contributed by atoms with E-state index in [1.54, 1.807) is 0 Å². The second kappa shape index (κ2) is 4.40. The van der Waals surface area contributed by atoms with Crippen LogP contribution in [0.3, 0.4) is 0 Å². The Labute approximate surface area is 93.0 Å². The summed E-state index contributed by atoms with van der Waals surface area (Å²) in [4.78, 5) is 2.51. The fourth-order valence-electron chi connectivity index (χ4n) is 2.63. The largest absolute Gasteiger partial charge is 0.371 e. The Morgan fingerprint density at radius 1 is 1.27 bits per heavy atom. The molecule has 2 saturated heterocycles. The van der Waals surface area contributed by atoms with E-state index in [9.17, 15) is 0 Å². The first-order chi connectivity index (χ1) is 7.05. The quantitative estimate of drug-likeness (QED) is 0.751. The Kier molecular flexibility index (Phi) is 3.33. The first-order valence-electron chi connectivity index (χ1n) is 6.21. The minimum absolute atomic E-state index is 0.108. The molecule has 0 bridgehead atoms. The second-order valence-corrected chi connectivity index (χ2v) is 5.68. The standard InChI is InChI=1S/C12H24N2O/c1-12(2)6-3-11(15-12)9-14-7-4-10(13)5-8-14/h10-11H,3-9,13H2,1-2H3. The van der Waals surface area contributed by atoms with Gasteiger partial charge in [0.1, 0.15) is 0 Å². The summed E-state index contributed by atoms with van der Waals surface area (Å²) < 4.78 is 6.01. The number of nitrogens with zero attached hydrogens (tertiary/aromatic N) is 1. The van der Waals surface area contributed by atoms with E-state index >= 15 is 0 Å². The fourth-order valence-corrected chi connectivity index (χ4v) is 2.63. The van der Waals surface area contributed by atoms with Gasteiger partial charge in [-0.2, -0.15) is 0 Å². The Bertz CT molecular complexity index is 210. The molecular formula is C12H24N2O. The molecule has 0 aromatic rings. The van der Waals surface area contributed by atoms with Crippen LogP contribution in [0.25, 0.3) is 0 Å². The van der Waals surface area contributed by atoms with Crippen LogP contribution in [0.5, 0.6) is 0 Å². The second-order valence-electron chi connectivity index (χ2n) is 5.68. The molecular weight excluding hydrogens is 188 g/mol. The lowest BCUT2D eigenvalue weighted by atomic mass is 10.0. The molecule has 0 radical (unpaired) electrons. The van der Waals surface area contributed by atoms with Crippen molar-refractivity contribution in [2.75, 3.05) is 19.6 Å². The van der Waals surface area contributed by atoms with Gasteiger partial charge in [0, 0.05) is 12.6 Å². The summed E-state index contributed by atoms with van der Waals surface area (Å²) in [7, 11) is 0. The van der Waals surface area contributed by atoms with Crippen molar-refractivity contribution >= 4 is 0 Å². The molecule has 2 fully saturated rings. The predicted octanol–water partition coefficient (Wildman–Crippen LogP) is 1.37. The molecule has 2 N–H and O–H groups in total. The van der Waals surface area contributed by atoms with Gasteiger partial charge in [-0.05, 0) is 52.6 Å². The Hall–Kier alpha value is -0.120. The van der Waals surface area contributed by atoms with Crippen molar-refractivity contribution in [1.29, 1.82) is 0 Å². The van der Waals surface area contributed by atoms with Crippen molar-refractivity contribution in [3.63, 3.8) is 0 Å². The molecule has 1 unspecified atom stereocenters. The minimum atomic E-state index is 0.108. The highest BCUT2D eigenvalue weighted by atomic mass is 16.5. The van der Waals surface area contributed by atoms with Gasteiger partial charge >= 0.3 is 0 Å². The maximum atomic E-state index is 6.01. The van der Waals surface area contributed by atoms with Gasteiger partial charge in [0.25, 0.3) is 0 Å². The lowest BCUT2D eigenvalue weighted by Crippen LogP contribution is -2.43. The van der Waals surface area contributed by atoms with Crippen molar-refractivity contribution in [3.05, 3.63) is 0 Å². The van der Waals surface area contributed by atoms with Gasteiger partial charge in [-0.3, -0.25) is 0 Å². The van der Waals surface area contributed by atoms with Crippen LogP contribution in [0, 0.1) is 0 Å². The Balaban J connectivity index is 1.74. The number of likely N-dealkylation sites (tertiary alicyclic amines) is 1. The number of hydrogen-bond acceptors (Lipinski definition) is 3. The average molecular weight is 212 g/mol. The zero-order chi connectivity index (χ0) is 10.9. The van der Waals surface area contributed by atoms with Crippen molar-refractivity contribution in [1.82, 2.24) is 4.90 Å². The van der Waals surface area contributed by atoms with Crippen molar-refractivity contribution < 1.29 is 4.74 Å². The predicted molar refractivity (Wildman–Crippen MR) is 61.8 cm³/mol. The molecule has 2 rings (SSSR count). The molecule has 0 spiro atoms. The van der Waals surface area contributed by atoms with E-state index in [2.05, 4.69) is 18.7 Å². The normalized spacial score (nSPS) is 33.4. The van der Waals surface area contributed by atoms with Crippen LogP contribution in [0.1, 0.15) is 39.5 Å². The summed E-state index contributed by atoms with van der Waals surface area (Å²) in [6.45, 7) is 7.80. The van der Waals surface area contributed by atoms with Gasteiger partial charge in [0.15, 0.2) is 0 Å². The molecule has 2 aliphatic rings. The van der Waals surface area contributed by atoms with Crippen LogP contribution >= 0.6 is 0 Å². The van der Waals surface area contributed by atoms with Crippen LogP contribution in [0.2, 0.25) is 0 Å². The van der Waals surface area contributed by atoms with E-state index in [-0.39, 0.29) is 5.60 Å². The molecule has 2 heterocycles. The van der Waals surface area contributed by atoms with Crippen LogP contribution in [0.4, 0.5) is 0 Å². The zero-order valence-electron chi connectivity index (χ0n) is 10.0. The number of ether oxygens (including phenoxy) is 1. The van der Waals surface area contributed by atoms with Crippen molar-refractivity contribution in [2.45, 2.75) is 57.3 Å². The molecule has 0 aliphatic carbocycles. The molecule has 88 valence electrons. The van der Waals surface area contributed by atoms with E-state index < -0.39 is 0 Å². The molecule has 3 heteroatoms. The number of hydrogen-bond donors (Lipinski definition) is 1. The lowest BCUT2D eigenvalue weighted by molar-refractivity contribution is -0.0309. The molecule has 0 aromatic heterocycles. The van der Waals surface area contributed by atoms with Gasteiger partial charge in [0.2, 0.25) is 0 Å². The molecule has 15 heavy (non-hydrogen) atoms. The first-order valence-corrected chi connectivity index (χ1v) is 6.21. The highest BCUT2D eigenvalue weighted by Gasteiger charge is 2.32. The smallest absolute Gasteiger partial charge is 0.0710 e. The molecule has 3 nitrogen and oxygen atoms in total. The molecule has 2 aliphatic heterocycles. The van der Waals surface area contributed by atoms with E-state index in [4.69, 9.17) is 10.5 Å². The fraction of sp³-hybridized carbons (Fsp3) is 1.00. The summed E-state index contributed by atoms with van der Waals surface area (Å²) >= 11 is 0. The van der Waals surface area contributed by atoms with Crippen LogP contribution in [0.15, 0.2) is 0 Å². The van der Waals surface area contributed by atoms with E-state index in [1.165, 1.54) is 12.8 Å². The van der Waals surface area contributed by atoms with E-state index in [0.717, 1.165) is 32.5 Å². The lowest BCUT2D eigenvalue weighted by Gasteiger charge is -2.32. The molecule has 0 aromatic carbocycles. The van der Waals surface area contributed by atoms with Crippen LogP contribution in [-0.4, -0.2) is 42.3 Å². The Morgan fingerprint density at radius 3 is 2.47 bits per heavy atom. The van der Waals surface area contributed by atoms with Gasteiger partial charge in [-0.1, -0.05) is 0 Å². The third-order valence-corrected chi connectivity index (χ3v) is 3.65.